The number of nitrogens with one attached hydrogen (secondary N) is 1. The summed E-state index contributed by atoms with van der Waals surface area (Å²) in [6.07, 6.45) is 7.07. The highest BCUT2D eigenvalue weighted by atomic mass is 15.3. The first-order valence-corrected chi connectivity index (χ1v) is 7.55. The molecule has 2 heterocycles. The van der Waals surface area contributed by atoms with Crippen molar-refractivity contribution in [3.8, 4) is 0 Å². The SMILES string of the molecule is CC(NC1CCCCC1CN)c1nnc2ccccn12. The second-order valence-corrected chi connectivity index (χ2v) is 5.76. The molecule has 3 unspecified atom stereocenters. The third-order valence-corrected chi connectivity index (χ3v) is 4.40. The van der Waals surface area contributed by atoms with E-state index in [0.29, 0.717) is 12.0 Å². The maximum absolute atomic E-state index is 5.91. The number of hydrogen-bond donors (Lipinski definition) is 2. The van der Waals surface area contributed by atoms with E-state index in [1.54, 1.807) is 0 Å². The highest BCUT2D eigenvalue weighted by Gasteiger charge is 2.26. The third-order valence-electron chi connectivity index (χ3n) is 4.40. The van der Waals surface area contributed by atoms with E-state index in [9.17, 15) is 0 Å². The second-order valence-electron chi connectivity index (χ2n) is 5.76. The molecule has 5 nitrogen and oxygen atoms in total. The Morgan fingerprint density at radius 1 is 1.35 bits per heavy atom. The van der Waals surface area contributed by atoms with Gasteiger partial charge >= 0.3 is 0 Å². The van der Waals surface area contributed by atoms with Crippen LogP contribution in [0.2, 0.25) is 0 Å². The molecule has 3 rings (SSSR count). The molecule has 20 heavy (non-hydrogen) atoms. The van der Waals surface area contributed by atoms with Gasteiger partial charge in [-0.2, -0.15) is 0 Å². The van der Waals surface area contributed by atoms with Gasteiger partial charge < -0.3 is 11.1 Å². The molecule has 108 valence electrons. The summed E-state index contributed by atoms with van der Waals surface area (Å²) in [6.45, 7) is 2.93. The average molecular weight is 273 g/mol. The second kappa shape index (κ2) is 5.89. The summed E-state index contributed by atoms with van der Waals surface area (Å²) in [7, 11) is 0. The largest absolute Gasteiger partial charge is 0.330 e. The van der Waals surface area contributed by atoms with Gasteiger partial charge in [0.25, 0.3) is 0 Å². The number of nitrogens with zero attached hydrogens (tertiary/aromatic N) is 3. The van der Waals surface area contributed by atoms with Gasteiger partial charge in [-0.15, -0.1) is 10.2 Å². The van der Waals surface area contributed by atoms with Crippen molar-refractivity contribution in [3.05, 3.63) is 30.2 Å². The molecular formula is C15H23N5. The molecule has 2 aromatic heterocycles. The normalized spacial score (nSPS) is 24.9. The van der Waals surface area contributed by atoms with E-state index >= 15 is 0 Å². The van der Waals surface area contributed by atoms with Crippen LogP contribution in [-0.4, -0.2) is 27.2 Å². The Balaban J connectivity index is 1.77. The zero-order valence-electron chi connectivity index (χ0n) is 12.0. The Bertz CT molecular complexity index is 564. The first-order valence-electron chi connectivity index (χ1n) is 7.55. The smallest absolute Gasteiger partial charge is 0.160 e. The molecule has 5 heteroatoms. The number of aromatic nitrogens is 3. The summed E-state index contributed by atoms with van der Waals surface area (Å²) in [4.78, 5) is 0. The van der Waals surface area contributed by atoms with Gasteiger partial charge in [0.1, 0.15) is 0 Å². The van der Waals surface area contributed by atoms with Gasteiger partial charge in [0.2, 0.25) is 0 Å². The predicted molar refractivity (Wildman–Crippen MR) is 79.3 cm³/mol. The van der Waals surface area contributed by atoms with E-state index in [-0.39, 0.29) is 6.04 Å². The molecule has 0 aromatic carbocycles. The summed E-state index contributed by atoms with van der Waals surface area (Å²) in [5.74, 6) is 1.56. The van der Waals surface area contributed by atoms with Crippen molar-refractivity contribution in [1.82, 2.24) is 19.9 Å². The Morgan fingerprint density at radius 3 is 3.05 bits per heavy atom. The molecular weight excluding hydrogens is 250 g/mol. The van der Waals surface area contributed by atoms with E-state index in [4.69, 9.17) is 5.73 Å². The van der Waals surface area contributed by atoms with Crippen molar-refractivity contribution in [2.45, 2.75) is 44.7 Å². The predicted octanol–water partition coefficient (Wildman–Crippen LogP) is 1.90. The van der Waals surface area contributed by atoms with Crippen molar-refractivity contribution < 1.29 is 0 Å². The molecule has 3 atom stereocenters. The van der Waals surface area contributed by atoms with E-state index in [2.05, 4.69) is 26.8 Å². The molecule has 0 aliphatic heterocycles. The monoisotopic (exact) mass is 273 g/mol. The van der Waals surface area contributed by atoms with Crippen molar-refractivity contribution >= 4 is 5.65 Å². The first-order chi connectivity index (χ1) is 9.79. The highest BCUT2D eigenvalue weighted by molar-refractivity contribution is 5.37. The lowest BCUT2D eigenvalue weighted by Gasteiger charge is -2.33. The van der Waals surface area contributed by atoms with E-state index in [0.717, 1.165) is 18.0 Å². The first kappa shape index (κ1) is 13.5. The van der Waals surface area contributed by atoms with Crippen molar-refractivity contribution in [1.29, 1.82) is 0 Å². The van der Waals surface area contributed by atoms with Crippen molar-refractivity contribution in [3.63, 3.8) is 0 Å². The summed E-state index contributed by atoms with van der Waals surface area (Å²) in [5.41, 5.74) is 6.80. The van der Waals surface area contributed by atoms with Crippen LogP contribution in [0.3, 0.4) is 0 Å². The number of pyridine rings is 1. The molecule has 1 fully saturated rings. The van der Waals surface area contributed by atoms with Gasteiger partial charge in [0.15, 0.2) is 11.5 Å². The number of fused-ring (bicyclic) bond motifs is 1. The highest BCUT2D eigenvalue weighted by Crippen LogP contribution is 2.25. The van der Waals surface area contributed by atoms with E-state index in [1.807, 2.05) is 24.4 Å². The fourth-order valence-electron chi connectivity index (χ4n) is 3.26. The van der Waals surface area contributed by atoms with Gasteiger partial charge in [0.05, 0.1) is 6.04 Å². The van der Waals surface area contributed by atoms with Crippen LogP contribution in [0.5, 0.6) is 0 Å². The Kier molecular flexibility index (Phi) is 3.98. The molecule has 0 amide bonds. The summed E-state index contributed by atoms with van der Waals surface area (Å²) in [6, 6.07) is 6.66. The lowest BCUT2D eigenvalue weighted by Crippen LogP contribution is -2.43. The Hall–Kier alpha value is -1.46. The Labute approximate surface area is 119 Å². The van der Waals surface area contributed by atoms with Crippen molar-refractivity contribution in [2.24, 2.45) is 11.7 Å². The van der Waals surface area contributed by atoms with E-state index in [1.165, 1.54) is 25.7 Å². The molecule has 0 spiro atoms. The van der Waals surface area contributed by atoms with Crippen LogP contribution in [-0.2, 0) is 0 Å². The van der Waals surface area contributed by atoms with Gasteiger partial charge in [0, 0.05) is 12.2 Å². The molecule has 3 N–H and O–H groups in total. The molecule has 0 saturated heterocycles. The van der Waals surface area contributed by atoms with Gasteiger partial charge in [-0.1, -0.05) is 18.9 Å². The molecule has 0 bridgehead atoms. The quantitative estimate of drug-likeness (QED) is 0.892. The fraction of sp³-hybridized carbons (Fsp3) is 0.600. The van der Waals surface area contributed by atoms with Crippen LogP contribution in [0.4, 0.5) is 0 Å². The van der Waals surface area contributed by atoms with Crippen LogP contribution in [0, 0.1) is 5.92 Å². The molecule has 1 saturated carbocycles. The minimum Gasteiger partial charge on any atom is -0.330 e. The maximum Gasteiger partial charge on any atom is 0.160 e. The third kappa shape index (κ3) is 2.55. The van der Waals surface area contributed by atoms with Crippen LogP contribution in [0.1, 0.15) is 44.5 Å². The average Bonchev–Trinajstić information content (AvgIpc) is 2.92. The fourth-order valence-corrected chi connectivity index (χ4v) is 3.26. The van der Waals surface area contributed by atoms with Crippen molar-refractivity contribution in [2.75, 3.05) is 6.54 Å². The molecule has 0 radical (unpaired) electrons. The number of rotatable bonds is 4. The van der Waals surface area contributed by atoms with Crippen LogP contribution in [0.15, 0.2) is 24.4 Å². The number of hydrogen-bond acceptors (Lipinski definition) is 4. The topological polar surface area (TPSA) is 68.2 Å². The van der Waals surface area contributed by atoms with Crippen LogP contribution in [0.25, 0.3) is 5.65 Å². The minimum absolute atomic E-state index is 0.185. The lowest BCUT2D eigenvalue weighted by molar-refractivity contribution is 0.249. The van der Waals surface area contributed by atoms with Gasteiger partial charge in [-0.05, 0) is 44.4 Å². The Morgan fingerprint density at radius 2 is 2.20 bits per heavy atom. The van der Waals surface area contributed by atoms with Crippen LogP contribution >= 0.6 is 0 Å². The standard InChI is InChI=1S/C15H23N5/c1-11(17-13-7-3-2-6-12(13)10-16)15-19-18-14-8-4-5-9-20(14)15/h4-5,8-9,11-13,17H,2-3,6-7,10,16H2,1H3. The summed E-state index contributed by atoms with van der Waals surface area (Å²) in [5, 5.41) is 12.3. The molecule has 2 aromatic rings. The summed E-state index contributed by atoms with van der Waals surface area (Å²) >= 11 is 0. The zero-order valence-corrected chi connectivity index (χ0v) is 12.0. The molecule has 1 aliphatic carbocycles. The summed E-state index contributed by atoms with van der Waals surface area (Å²) < 4.78 is 2.05. The van der Waals surface area contributed by atoms with Crippen LogP contribution < -0.4 is 11.1 Å². The molecule has 1 aliphatic rings. The zero-order chi connectivity index (χ0) is 13.9. The lowest BCUT2D eigenvalue weighted by atomic mass is 9.84. The maximum atomic E-state index is 5.91. The van der Waals surface area contributed by atoms with Gasteiger partial charge in [-0.25, -0.2) is 0 Å². The van der Waals surface area contributed by atoms with E-state index < -0.39 is 0 Å². The van der Waals surface area contributed by atoms with Gasteiger partial charge in [-0.3, -0.25) is 4.40 Å². The minimum atomic E-state index is 0.185. The number of nitrogens with two attached hydrogens (primary N) is 1.